The Labute approximate surface area is 210 Å². The Bertz CT molecular complexity index is 1150. The van der Waals surface area contributed by atoms with Gasteiger partial charge in [0.05, 0.1) is 13.5 Å². The maximum atomic E-state index is 13.1. The molecule has 2 atom stereocenters. The highest BCUT2D eigenvalue weighted by molar-refractivity contribution is 8.00. The fourth-order valence-corrected chi connectivity index (χ4v) is 5.74. The topological polar surface area (TPSA) is 111 Å². The van der Waals surface area contributed by atoms with Gasteiger partial charge in [0.1, 0.15) is 36.1 Å². The van der Waals surface area contributed by atoms with E-state index in [1.54, 1.807) is 31.4 Å². The van der Waals surface area contributed by atoms with Crippen molar-refractivity contribution in [2.45, 2.75) is 31.4 Å². The number of carbonyl (C=O) groups is 4. The number of nitrogens with one attached hydrogen (secondary N) is 1. The number of nitrogens with zero attached hydrogens (tertiary/aromatic N) is 1. The van der Waals surface area contributed by atoms with Crippen molar-refractivity contribution in [1.82, 2.24) is 10.2 Å². The van der Waals surface area contributed by atoms with Gasteiger partial charge in [0.2, 0.25) is 5.91 Å². The number of β-lactam (4-membered cyclic amide) rings is 1. The van der Waals surface area contributed by atoms with Crippen LogP contribution in [0.3, 0.4) is 0 Å². The molecule has 1 fully saturated rings. The van der Waals surface area contributed by atoms with Crippen LogP contribution in [0.25, 0.3) is 0 Å². The minimum Gasteiger partial charge on any atom is -0.497 e. The molecule has 9 nitrogen and oxygen atoms in total. The maximum absolute atomic E-state index is 13.1. The minimum absolute atomic E-state index is 0.00596. The number of thioether (sulfide) groups is 1. The second-order valence-electron chi connectivity index (χ2n) is 7.87. The number of benzene rings is 1. The quantitative estimate of drug-likeness (QED) is 0.399. The highest BCUT2D eigenvalue weighted by atomic mass is 32.2. The first-order chi connectivity index (χ1) is 16.9. The van der Waals surface area contributed by atoms with Gasteiger partial charge in [-0.15, -0.1) is 23.1 Å². The average molecular weight is 517 g/mol. The first kappa shape index (κ1) is 24.8. The molecule has 2 aliphatic rings. The highest BCUT2D eigenvalue weighted by Crippen LogP contribution is 2.41. The number of fused-ring (bicyclic) bond motifs is 1. The van der Waals surface area contributed by atoms with E-state index in [1.807, 2.05) is 17.5 Å². The average Bonchev–Trinajstić information content (AvgIpc) is 3.37. The Balaban J connectivity index is 1.46. The van der Waals surface area contributed by atoms with Gasteiger partial charge in [-0.1, -0.05) is 18.2 Å². The van der Waals surface area contributed by atoms with E-state index in [-0.39, 0.29) is 31.2 Å². The number of thiophene rings is 1. The second kappa shape index (κ2) is 11.0. The highest BCUT2D eigenvalue weighted by Gasteiger charge is 2.54. The molecule has 2 aliphatic heterocycles. The summed E-state index contributed by atoms with van der Waals surface area (Å²) in [7, 11) is 1.56. The fourth-order valence-electron chi connectivity index (χ4n) is 3.71. The summed E-state index contributed by atoms with van der Waals surface area (Å²) < 4.78 is 15.7. The van der Waals surface area contributed by atoms with Gasteiger partial charge >= 0.3 is 11.9 Å². The molecule has 0 saturated carbocycles. The van der Waals surface area contributed by atoms with Gasteiger partial charge in [-0.05, 0) is 29.1 Å². The van der Waals surface area contributed by atoms with E-state index >= 15 is 0 Å². The molecule has 4 rings (SSSR count). The molecule has 0 bridgehead atoms. The summed E-state index contributed by atoms with van der Waals surface area (Å²) in [6, 6.07) is 10.0. The van der Waals surface area contributed by atoms with Gasteiger partial charge in [0, 0.05) is 23.1 Å². The van der Waals surface area contributed by atoms with E-state index in [2.05, 4.69) is 5.32 Å². The van der Waals surface area contributed by atoms with Crippen molar-refractivity contribution in [3.05, 3.63) is 63.5 Å². The number of carbonyl (C=O) groups excluding carboxylic acids is 4. The standard InChI is InChI=1S/C24H24N2O7S2/c1-14(27)32-12-16-13-35-23-20(25-19(28)10-18-4-3-9-34-18)22(29)26(23)21(16)24(30)33-11-15-5-7-17(31-2)8-6-15/h3-9,20,23H,10-13H2,1-2H3,(H,25,28)/t20-,23-/m0/s1. The van der Waals surface area contributed by atoms with E-state index in [9.17, 15) is 19.2 Å². The van der Waals surface area contributed by atoms with Crippen LogP contribution in [0.5, 0.6) is 5.75 Å². The van der Waals surface area contributed by atoms with Crippen molar-refractivity contribution >= 4 is 46.9 Å². The Kier molecular flexibility index (Phi) is 7.76. The van der Waals surface area contributed by atoms with Crippen LogP contribution in [0, 0.1) is 0 Å². The third kappa shape index (κ3) is 5.68. The van der Waals surface area contributed by atoms with Crippen LogP contribution < -0.4 is 10.1 Å². The predicted molar refractivity (Wildman–Crippen MR) is 129 cm³/mol. The number of hydrogen-bond acceptors (Lipinski definition) is 9. The number of ether oxygens (including phenoxy) is 3. The lowest BCUT2D eigenvalue weighted by Crippen LogP contribution is -2.70. The molecule has 2 amide bonds. The zero-order chi connectivity index (χ0) is 24.9. The number of hydrogen-bond donors (Lipinski definition) is 1. The van der Waals surface area contributed by atoms with E-state index in [1.165, 1.54) is 34.9 Å². The molecule has 0 spiro atoms. The van der Waals surface area contributed by atoms with Gasteiger partial charge < -0.3 is 19.5 Å². The predicted octanol–water partition coefficient (Wildman–Crippen LogP) is 2.26. The van der Waals surface area contributed by atoms with Gasteiger partial charge in [0.15, 0.2) is 0 Å². The Morgan fingerprint density at radius 1 is 1.11 bits per heavy atom. The Morgan fingerprint density at radius 3 is 2.54 bits per heavy atom. The molecule has 0 radical (unpaired) electrons. The SMILES string of the molecule is COc1ccc(COC(=O)C2=C(COC(C)=O)CS[C@H]3[C@@H](NC(=O)Cc4cccs4)C(=O)N23)cc1. The molecule has 1 aromatic carbocycles. The smallest absolute Gasteiger partial charge is 0.355 e. The third-order valence-electron chi connectivity index (χ3n) is 5.45. The van der Waals surface area contributed by atoms with Gasteiger partial charge in [-0.2, -0.15) is 0 Å². The summed E-state index contributed by atoms with van der Waals surface area (Å²) in [5, 5.41) is 4.22. The summed E-state index contributed by atoms with van der Waals surface area (Å²) >= 11 is 2.86. The lowest BCUT2D eigenvalue weighted by molar-refractivity contribution is -0.153. The van der Waals surface area contributed by atoms with E-state index in [4.69, 9.17) is 14.2 Å². The largest absolute Gasteiger partial charge is 0.497 e. The fraction of sp³-hybridized carbons (Fsp3) is 0.333. The van der Waals surface area contributed by atoms with Crippen LogP contribution in [0.2, 0.25) is 0 Å². The summed E-state index contributed by atoms with van der Waals surface area (Å²) in [4.78, 5) is 52.1. The second-order valence-corrected chi connectivity index (χ2v) is 10.0. The maximum Gasteiger partial charge on any atom is 0.355 e. The summed E-state index contributed by atoms with van der Waals surface area (Å²) in [5.41, 5.74) is 1.30. The van der Waals surface area contributed by atoms with Gasteiger partial charge in [-0.3, -0.25) is 19.3 Å². The molecule has 3 heterocycles. The molecule has 0 aliphatic carbocycles. The van der Waals surface area contributed by atoms with Crippen LogP contribution in [0.15, 0.2) is 53.0 Å². The molecule has 184 valence electrons. The number of methoxy groups -OCH3 is 1. The third-order valence-corrected chi connectivity index (χ3v) is 7.67. The lowest BCUT2D eigenvalue weighted by atomic mass is 10.0. The first-order valence-corrected chi connectivity index (χ1v) is 12.7. The molecule has 1 saturated heterocycles. The van der Waals surface area contributed by atoms with Crippen molar-refractivity contribution in [2.24, 2.45) is 0 Å². The normalized spacial score (nSPS) is 18.9. The molecular weight excluding hydrogens is 492 g/mol. The number of esters is 2. The molecule has 1 N–H and O–H groups in total. The van der Waals surface area contributed by atoms with Gasteiger partial charge in [0.25, 0.3) is 5.91 Å². The zero-order valence-electron chi connectivity index (χ0n) is 19.1. The van der Waals surface area contributed by atoms with Crippen LogP contribution in [0.4, 0.5) is 0 Å². The minimum atomic E-state index is -0.743. The summed E-state index contributed by atoms with van der Waals surface area (Å²) in [5.74, 6) is -0.819. The van der Waals surface area contributed by atoms with E-state index in [0.29, 0.717) is 17.1 Å². The lowest BCUT2D eigenvalue weighted by Gasteiger charge is -2.49. The molecular formula is C24H24N2O7S2. The zero-order valence-corrected chi connectivity index (χ0v) is 20.8. The number of rotatable bonds is 9. The van der Waals surface area contributed by atoms with Crippen LogP contribution in [-0.2, 0) is 41.7 Å². The molecule has 35 heavy (non-hydrogen) atoms. The van der Waals surface area contributed by atoms with E-state index in [0.717, 1.165) is 10.4 Å². The molecule has 0 unspecified atom stereocenters. The van der Waals surface area contributed by atoms with Crippen molar-refractivity contribution in [1.29, 1.82) is 0 Å². The van der Waals surface area contributed by atoms with Gasteiger partial charge in [-0.25, -0.2) is 4.79 Å². The van der Waals surface area contributed by atoms with Crippen molar-refractivity contribution in [2.75, 3.05) is 19.5 Å². The number of amides is 2. The van der Waals surface area contributed by atoms with Crippen LogP contribution >= 0.6 is 23.1 Å². The Hall–Kier alpha value is -3.31. The van der Waals surface area contributed by atoms with Crippen molar-refractivity contribution in [3.8, 4) is 5.75 Å². The molecule has 2 aromatic rings. The summed E-state index contributed by atoms with van der Waals surface area (Å²) in [6.45, 7) is 1.14. The Morgan fingerprint density at radius 2 is 1.89 bits per heavy atom. The van der Waals surface area contributed by atoms with Crippen molar-refractivity contribution in [3.63, 3.8) is 0 Å². The van der Waals surface area contributed by atoms with E-state index < -0.39 is 29.3 Å². The van der Waals surface area contributed by atoms with Crippen LogP contribution in [0.1, 0.15) is 17.4 Å². The van der Waals surface area contributed by atoms with Crippen LogP contribution in [-0.4, -0.2) is 59.5 Å². The molecule has 1 aromatic heterocycles. The molecule has 11 heteroatoms. The first-order valence-electron chi connectivity index (χ1n) is 10.8. The summed E-state index contributed by atoms with van der Waals surface area (Å²) in [6.07, 6.45) is 0.184. The van der Waals surface area contributed by atoms with Crippen molar-refractivity contribution < 1.29 is 33.4 Å². The monoisotopic (exact) mass is 516 g/mol.